The van der Waals surface area contributed by atoms with Gasteiger partial charge in [0.25, 0.3) is 5.91 Å². The number of hydrogen-bond acceptors (Lipinski definition) is 11. The van der Waals surface area contributed by atoms with Gasteiger partial charge in [-0.15, -0.1) is 0 Å². The minimum atomic E-state index is -2.79. The van der Waals surface area contributed by atoms with E-state index in [0.29, 0.717) is 22.4 Å². The van der Waals surface area contributed by atoms with Crippen LogP contribution in [0.4, 0.5) is 5.69 Å². The van der Waals surface area contributed by atoms with Crippen molar-refractivity contribution in [2.45, 2.75) is 24.5 Å². The van der Waals surface area contributed by atoms with Crippen molar-refractivity contribution in [1.82, 2.24) is 10.1 Å². The van der Waals surface area contributed by atoms with Gasteiger partial charge in [-0.25, -0.2) is 0 Å². The minimum Gasteiger partial charge on any atom is -0.507 e. The number of rotatable bonds is 5. The lowest BCUT2D eigenvalue weighted by molar-refractivity contribution is -0.181. The predicted molar refractivity (Wildman–Crippen MR) is 151 cm³/mol. The van der Waals surface area contributed by atoms with Crippen LogP contribution >= 0.6 is 0 Å². The number of amides is 2. The Labute approximate surface area is 250 Å². The van der Waals surface area contributed by atoms with E-state index < -0.39 is 70.3 Å². The lowest BCUT2D eigenvalue weighted by atomic mass is 9.52. The number of fused-ring (bicyclic) bond motifs is 3. The summed E-state index contributed by atoms with van der Waals surface area (Å²) < 4.78 is 4.90. The van der Waals surface area contributed by atoms with Crippen LogP contribution in [-0.4, -0.2) is 81.0 Å². The Morgan fingerprint density at radius 2 is 1.84 bits per heavy atom. The molecule has 2 aromatic carbocycles. The number of aliphatic hydroxyl groups is 1. The van der Waals surface area contributed by atoms with Gasteiger partial charge in [-0.1, -0.05) is 23.4 Å². The number of phenols is 1. The van der Waals surface area contributed by atoms with Crippen molar-refractivity contribution in [3.63, 3.8) is 0 Å². The number of nitrogens with one attached hydrogen (secondary N) is 1. The van der Waals surface area contributed by atoms with Gasteiger partial charge in [0.15, 0.2) is 34.7 Å². The number of aromatic nitrogens is 1. The Morgan fingerprint density at radius 3 is 2.50 bits per heavy atom. The number of benzene rings is 2. The maximum Gasteiger partial charge on any atom is 0.294 e. The van der Waals surface area contributed by atoms with Crippen molar-refractivity contribution >= 4 is 40.6 Å². The predicted octanol–water partition coefficient (Wildman–Crippen LogP) is 0.774. The van der Waals surface area contributed by atoms with E-state index in [2.05, 4.69) is 10.5 Å². The molecular formula is C31H28N4O9. The standard InChI is InChI=1S/C31H28N4O9/c1-35(2)24-18-12-14-11-17-16(13-4-3-5-15(10-13)34-30(42)20-8-9-33-44-20)6-7-19(36)22(17)25(37)21(14)27(39)31(18,43)28(40)23(26(24)38)29(32)41/h3-10,14,18,21,23-24,36,43H,11-12H2,1-2H3,(H2,32,41)(H,34,42)/t14-,18-,21?,23?,24+,31-/m0/s1. The van der Waals surface area contributed by atoms with Crippen LogP contribution in [0, 0.1) is 23.7 Å². The molecule has 2 fully saturated rings. The van der Waals surface area contributed by atoms with E-state index in [9.17, 15) is 39.0 Å². The van der Waals surface area contributed by atoms with Gasteiger partial charge in [0.2, 0.25) is 11.7 Å². The first kappa shape index (κ1) is 29.1. The van der Waals surface area contributed by atoms with Crippen LogP contribution in [0.2, 0.25) is 0 Å². The third kappa shape index (κ3) is 4.19. The Morgan fingerprint density at radius 1 is 1.09 bits per heavy atom. The first-order valence-electron chi connectivity index (χ1n) is 13.9. The summed E-state index contributed by atoms with van der Waals surface area (Å²) in [5.74, 6) is -11.7. The van der Waals surface area contributed by atoms with Crippen LogP contribution in [0.3, 0.4) is 0 Å². The second-order valence-corrected chi connectivity index (χ2v) is 11.7. The number of carbonyl (C=O) groups is 6. The SMILES string of the molecule is CN(C)[C@H]1C(=O)C(C(N)=O)C(=O)[C@@]2(O)C(=O)C3C(=O)c4c(O)ccc(-c5cccc(NC(=O)c6ccno6)c5)c4C[C@H]3C[C@@H]12. The van der Waals surface area contributed by atoms with Crippen molar-refractivity contribution in [2.75, 3.05) is 19.4 Å². The van der Waals surface area contributed by atoms with Gasteiger partial charge in [0.1, 0.15) is 5.75 Å². The van der Waals surface area contributed by atoms with Gasteiger partial charge in [0, 0.05) is 17.7 Å². The smallest absolute Gasteiger partial charge is 0.294 e. The maximum absolute atomic E-state index is 14.0. The summed E-state index contributed by atoms with van der Waals surface area (Å²) in [5.41, 5.74) is 4.46. The Kier molecular flexibility index (Phi) is 6.82. The summed E-state index contributed by atoms with van der Waals surface area (Å²) in [7, 11) is 3.05. The van der Waals surface area contributed by atoms with Crippen molar-refractivity contribution in [3.8, 4) is 16.9 Å². The van der Waals surface area contributed by atoms with Crippen molar-refractivity contribution in [3.05, 3.63) is 65.5 Å². The van der Waals surface area contributed by atoms with Gasteiger partial charge < -0.3 is 25.8 Å². The number of likely N-dealkylation sites (N-methyl/N-ethyl adjacent to an activating group) is 1. The number of primary amides is 1. The molecule has 6 rings (SSSR count). The third-order valence-electron chi connectivity index (χ3n) is 9.04. The van der Waals surface area contributed by atoms with Crippen molar-refractivity contribution in [1.29, 1.82) is 0 Å². The average molecular weight is 601 g/mol. The number of ketones is 4. The van der Waals surface area contributed by atoms with E-state index in [1.54, 1.807) is 30.3 Å². The summed E-state index contributed by atoms with van der Waals surface area (Å²) in [6, 6.07) is 9.93. The zero-order valence-electron chi connectivity index (χ0n) is 23.6. The summed E-state index contributed by atoms with van der Waals surface area (Å²) in [6.07, 6.45) is 1.38. The van der Waals surface area contributed by atoms with E-state index >= 15 is 0 Å². The van der Waals surface area contributed by atoms with Crippen LogP contribution in [0.25, 0.3) is 11.1 Å². The second-order valence-electron chi connectivity index (χ2n) is 11.7. The molecule has 0 bridgehead atoms. The van der Waals surface area contributed by atoms with E-state index in [0.717, 1.165) is 0 Å². The molecule has 0 saturated heterocycles. The summed E-state index contributed by atoms with van der Waals surface area (Å²) in [4.78, 5) is 80.8. The number of hydrogen-bond donors (Lipinski definition) is 4. The third-order valence-corrected chi connectivity index (χ3v) is 9.04. The zero-order valence-corrected chi connectivity index (χ0v) is 23.6. The largest absolute Gasteiger partial charge is 0.507 e. The number of nitrogens with zero attached hydrogens (tertiary/aromatic N) is 2. The fourth-order valence-electron chi connectivity index (χ4n) is 7.17. The molecular weight excluding hydrogens is 572 g/mol. The number of carbonyl (C=O) groups excluding carboxylic acids is 6. The normalized spacial score (nSPS) is 27.9. The monoisotopic (exact) mass is 600 g/mol. The molecule has 3 aliphatic rings. The van der Waals surface area contributed by atoms with Crippen molar-refractivity contribution in [2.24, 2.45) is 29.4 Å². The van der Waals surface area contributed by atoms with Crippen LogP contribution in [0.1, 0.15) is 32.9 Å². The fraction of sp³-hybridized carbons (Fsp3) is 0.323. The van der Waals surface area contributed by atoms with Gasteiger partial charge in [-0.05, 0) is 67.7 Å². The highest BCUT2D eigenvalue weighted by Gasteiger charge is 2.69. The molecule has 13 nitrogen and oxygen atoms in total. The molecule has 3 aliphatic carbocycles. The van der Waals surface area contributed by atoms with Crippen LogP contribution in [0.5, 0.6) is 5.75 Å². The van der Waals surface area contributed by atoms with E-state index in [-0.39, 0.29) is 29.9 Å². The highest BCUT2D eigenvalue weighted by atomic mass is 16.5. The molecule has 5 N–H and O–H groups in total. The lowest BCUT2D eigenvalue weighted by Gasteiger charge is -2.52. The van der Waals surface area contributed by atoms with Crippen LogP contribution < -0.4 is 11.1 Å². The van der Waals surface area contributed by atoms with Crippen LogP contribution in [-0.2, 0) is 25.6 Å². The Balaban J connectivity index is 1.41. The van der Waals surface area contributed by atoms with Gasteiger partial charge >= 0.3 is 0 Å². The van der Waals surface area contributed by atoms with Crippen LogP contribution in [0.15, 0.2) is 53.2 Å². The lowest BCUT2D eigenvalue weighted by Crippen LogP contribution is -2.74. The van der Waals surface area contributed by atoms with E-state index in [1.165, 1.54) is 37.3 Å². The number of phenolic OH excluding ortho intramolecular Hbond substituents is 1. The highest BCUT2D eigenvalue weighted by Crippen LogP contribution is 2.51. The zero-order chi connectivity index (χ0) is 31.7. The molecule has 1 heterocycles. The summed E-state index contributed by atoms with van der Waals surface area (Å²) in [6.45, 7) is 0. The molecule has 2 unspecified atom stereocenters. The van der Waals surface area contributed by atoms with E-state index in [1.807, 2.05) is 0 Å². The van der Waals surface area contributed by atoms with Crippen molar-refractivity contribution < 1.29 is 43.5 Å². The van der Waals surface area contributed by atoms with Gasteiger partial charge in [0.05, 0.1) is 23.7 Å². The quantitative estimate of drug-likeness (QED) is 0.301. The number of Topliss-reactive ketones (excluding diaryl/α,β-unsaturated/α-hetero) is 4. The van der Waals surface area contributed by atoms with Gasteiger partial charge in [-0.2, -0.15) is 0 Å². The molecule has 0 radical (unpaired) electrons. The maximum atomic E-state index is 14.0. The molecule has 1 aromatic heterocycles. The molecule has 13 heteroatoms. The molecule has 3 aromatic rings. The Bertz CT molecular complexity index is 1770. The first-order valence-corrected chi connectivity index (χ1v) is 13.9. The molecule has 226 valence electrons. The Hall–Kier alpha value is -5.01. The fourth-order valence-corrected chi connectivity index (χ4v) is 7.17. The first-order chi connectivity index (χ1) is 20.9. The van der Waals surface area contributed by atoms with Gasteiger partial charge in [-0.3, -0.25) is 33.7 Å². The summed E-state index contributed by atoms with van der Waals surface area (Å²) in [5, 5.41) is 28.8. The molecule has 2 amide bonds. The van der Waals surface area contributed by atoms with E-state index in [4.69, 9.17) is 10.3 Å². The minimum absolute atomic E-state index is 0.00818. The number of nitrogens with two attached hydrogens (primary N) is 1. The number of anilines is 1. The second kappa shape index (κ2) is 10.3. The molecule has 6 atom stereocenters. The molecule has 0 spiro atoms. The molecule has 0 aliphatic heterocycles. The topological polar surface area (TPSA) is 210 Å². The average Bonchev–Trinajstić information content (AvgIpc) is 3.50. The molecule has 44 heavy (non-hydrogen) atoms. The number of aromatic hydroxyl groups is 1. The summed E-state index contributed by atoms with van der Waals surface area (Å²) >= 11 is 0. The highest BCUT2D eigenvalue weighted by molar-refractivity contribution is 6.32. The molecule has 2 saturated carbocycles.